The standard InChI is InChI=1S/C13H17N5O3/c1-8-5-9(17-11(14)16-8)10(19)18-4-2-3-13(7-18)6-15-12(20)21-13/h5H,2-4,6-7H2,1H3,(H,15,20)(H2,14,16,17). The second-order valence-electron chi connectivity index (χ2n) is 5.51. The zero-order chi connectivity index (χ0) is 15.0. The molecule has 112 valence electrons. The Bertz CT molecular complexity index is 585. The van der Waals surface area contributed by atoms with Crippen molar-refractivity contribution in [3.8, 4) is 0 Å². The molecule has 0 radical (unpaired) electrons. The van der Waals surface area contributed by atoms with E-state index in [1.54, 1.807) is 17.9 Å². The first-order valence-corrected chi connectivity index (χ1v) is 6.85. The molecule has 2 aliphatic rings. The van der Waals surface area contributed by atoms with E-state index in [0.29, 0.717) is 25.3 Å². The minimum Gasteiger partial charge on any atom is -0.439 e. The van der Waals surface area contributed by atoms with Gasteiger partial charge in [-0.25, -0.2) is 14.8 Å². The molecule has 1 aromatic heterocycles. The second-order valence-corrected chi connectivity index (χ2v) is 5.51. The van der Waals surface area contributed by atoms with Crippen LogP contribution in [0.15, 0.2) is 6.07 Å². The van der Waals surface area contributed by atoms with Crippen molar-refractivity contribution in [1.29, 1.82) is 0 Å². The molecule has 0 aromatic carbocycles. The number of alkyl carbamates (subject to hydrolysis) is 1. The summed E-state index contributed by atoms with van der Waals surface area (Å²) in [6.45, 7) is 3.17. The monoisotopic (exact) mass is 291 g/mol. The lowest BCUT2D eigenvalue weighted by Crippen LogP contribution is -2.52. The fourth-order valence-electron chi connectivity index (χ4n) is 2.86. The summed E-state index contributed by atoms with van der Waals surface area (Å²) in [7, 11) is 0. The molecule has 0 bridgehead atoms. The van der Waals surface area contributed by atoms with Gasteiger partial charge in [-0.1, -0.05) is 0 Å². The smallest absolute Gasteiger partial charge is 0.407 e. The highest BCUT2D eigenvalue weighted by molar-refractivity contribution is 5.92. The molecule has 21 heavy (non-hydrogen) atoms. The molecular weight excluding hydrogens is 274 g/mol. The molecule has 1 spiro atoms. The number of amides is 2. The summed E-state index contributed by atoms with van der Waals surface area (Å²) in [6, 6.07) is 1.61. The van der Waals surface area contributed by atoms with Crippen LogP contribution < -0.4 is 11.1 Å². The van der Waals surface area contributed by atoms with Crippen LogP contribution in [0.25, 0.3) is 0 Å². The number of nitrogens with zero attached hydrogens (tertiary/aromatic N) is 3. The molecule has 1 unspecified atom stereocenters. The zero-order valence-corrected chi connectivity index (χ0v) is 11.8. The van der Waals surface area contributed by atoms with Gasteiger partial charge in [0.15, 0.2) is 0 Å². The number of ether oxygens (including phenoxy) is 1. The Morgan fingerprint density at radius 3 is 3.00 bits per heavy atom. The summed E-state index contributed by atoms with van der Waals surface area (Å²) in [4.78, 5) is 33.4. The van der Waals surface area contributed by atoms with Crippen molar-refractivity contribution in [2.45, 2.75) is 25.4 Å². The number of hydrogen-bond acceptors (Lipinski definition) is 6. The normalized spacial score (nSPS) is 24.8. The molecule has 3 N–H and O–H groups in total. The maximum atomic E-state index is 12.5. The van der Waals surface area contributed by atoms with Crippen LogP contribution >= 0.6 is 0 Å². The minimum atomic E-state index is -0.612. The minimum absolute atomic E-state index is 0.0824. The molecule has 2 saturated heterocycles. The Labute approximate surface area is 121 Å². The van der Waals surface area contributed by atoms with E-state index >= 15 is 0 Å². The lowest BCUT2D eigenvalue weighted by molar-refractivity contribution is -0.00523. The third-order valence-electron chi connectivity index (χ3n) is 3.78. The Kier molecular flexibility index (Phi) is 3.15. The van der Waals surface area contributed by atoms with E-state index in [4.69, 9.17) is 10.5 Å². The number of rotatable bonds is 1. The number of nitrogens with two attached hydrogens (primary N) is 1. The van der Waals surface area contributed by atoms with Gasteiger partial charge in [0.05, 0.1) is 13.1 Å². The Hall–Kier alpha value is -2.38. The van der Waals surface area contributed by atoms with Gasteiger partial charge in [-0.15, -0.1) is 0 Å². The Morgan fingerprint density at radius 1 is 1.52 bits per heavy atom. The third kappa shape index (κ3) is 2.61. The fraction of sp³-hybridized carbons (Fsp3) is 0.538. The molecule has 2 amide bonds. The predicted molar refractivity (Wildman–Crippen MR) is 73.5 cm³/mol. The molecule has 3 heterocycles. The summed E-state index contributed by atoms with van der Waals surface area (Å²) in [6.07, 6.45) is 1.10. The number of likely N-dealkylation sites (tertiary alicyclic amines) is 1. The van der Waals surface area contributed by atoms with Gasteiger partial charge in [-0.3, -0.25) is 4.79 Å². The maximum absolute atomic E-state index is 12.5. The van der Waals surface area contributed by atoms with Gasteiger partial charge in [-0.05, 0) is 25.8 Å². The van der Waals surface area contributed by atoms with Gasteiger partial charge in [0.25, 0.3) is 5.91 Å². The summed E-state index contributed by atoms with van der Waals surface area (Å²) in [5.41, 5.74) is 5.89. The summed E-state index contributed by atoms with van der Waals surface area (Å²) in [5, 5.41) is 2.65. The van der Waals surface area contributed by atoms with E-state index in [1.807, 2.05) is 0 Å². The van der Waals surface area contributed by atoms with Crippen molar-refractivity contribution in [3.05, 3.63) is 17.5 Å². The fourth-order valence-corrected chi connectivity index (χ4v) is 2.86. The highest BCUT2D eigenvalue weighted by atomic mass is 16.6. The number of carbonyl (C=O) groups excluding carboxylic acids is 2. The number of aryl methyl sites for hydroxylation is 1. The van der Waals surface area contributed by atoms with Crippen LogP contribution in [0.2, 0.25) is 0 Å². The van der Waals surface area contributed by atoms with E-state index in [9.17, 15) is 9.59 Å². The van der Waals surface area contributed by atoms with Gasteiger partial charge in [-0.2, -0.15) is 0 Å². The first-order valence-electron chi connectivity index (χ1n) is 6.85. The predicted octanol–water partition coefficient (Wildman–Crippen LogP) is 0.0818. The first kappa shape index (κ1) is 13.6. The number of aromatic nitrogens is 2. The summed E-state index contributed by atoms with van der Waals surface area (Å²) >= 11 is 0. The Balaban J connectivity index is 1.79. The van der Waals surface area contributed by atoms with Crippen LogP contribution in [0, 0.1) is 6.92 Å². The van der Waals surface area contributed by atoms with E-state index in [-0.39, 0.29) is 17.5 Å². The molecule has 1 aromatic rings. The average molecular weight is 291 g/mol. The number of piperidine rings is 1. The molecule has 1 atom stereocenters. The van der Waals surface area contributed by atoms with Gasteiger partial charge in [0.1, 0.15) is 11.3 Å². The van der Waals surface area contributed by atoms with Crippen LogP contribution in [0.3, 0.4) is 0 Å². The lowest BCUT2D eigenvalue weighted by Gasteiger charge is -2.38. The average Bonchev–Trinajstić information content (AvgIpc) is 2.77. The van der Waals surface area contributed by atoms with E-state index < -0.39 is 11.7 Å². The number of nitrogens with one attached hydrogen (secondary N) is 1. The highest BCUT2D eigenvalue weighted by Crippen LogP contribution is 2.28. The van der Waals surface area contributed by atoms with Crippen molar-refractivity contribution in [3.63, 3.8) is 0 Å². The quantitative estimate of drug-likeness (QED) is 0.758. The van der Waals surface area contributed by atoms with Crippen LogP contribution in [-0.4, -0.2) is 52.1 Å². The molecule has 3 rings (SSSR count). The van der Waals surface area contributed by atoms with Crippen LogP contribution in [0.4, 0.5) is 10.7 Å². The van der Waals surface area contributed by atoms with Crippen molar-refractivity contribution < 1.29 is 14.3 Å². The zero-order valence-electron chi connectivity index (χ0n) is 11.8. The maximum Gasteiger partial charge on any atom is 0.407 e. The molecule has 0 aliphatic carbocycles. The summed E-state index contributed by atoms with van der Waals surface area (Å²) < 4.78 is 5.35. The number of carbonyl (C=O) groups is 2. The van der Waals surface area contributed by atoms with Crippen LogP contribution in [0.5, 0.6) is 0 Å². The van der Waals surface area contributed by atoms with Gasteiger partial charge in [0.2, 0.25) is 5.95 Å². The molecule has 0 saturated carbocycles. The van der Waals surface area contributed by atoms with E-state index in [2.05, 4.69) is 15.3 Å². The lowest BCUT2D eigenvalue weighted by atomic mass is 9.93. The molecule has 8 nitrogen and oxygen atoms in total. The third-order valence-corrected chi connectivity index (χ3v) is 3.78. The number of hydrogen-bond donors (Lipinski definition) is 2. The van der Waals surface area contributed by atoms with Crippen molar-refractivity contribution >= 4 is 17.9 Å². The number of anilines is 1. The first-order chi connectivity index (χ1) is 9.97. The highest BCUT2D eigenvalue weighted by Gasteiger charge is 2.45. The van der Waals surface area contributed by atoms with Crippen LogP contribution in [0.1, 0.15) is 29.0 Å². The Morgan fingerprint density at radius 2 is 2.33 bits per heavy atom. The number of nitrogen functional groups attached to an aromatic ring is 1. The summed E-state index contributed by atoms with van der Waals surface area (Å²) in [5.74, 6) is -0.131. The van der Waals surface area contributed by atoms with E-state index in [1.165, 1.54) is 0 Å². The molecular formula is C13H17N5O3. The SMILES string of the molecule is Cc1cc(C(=O)N2CCCC3(CNC(=O)O3)C2)nc(N)n1. The molecule has 8 heteroatoms. The van der Waals surface area contributed by atoms with Crippen molar-refractivity contribution in [1.82, 2.24) is 20.2 Å². The molecule has 2 fully saturated rings. The van der Waals surface area contributed by atoms with Crippen molar-refractivity contribution in [2.24, 2.45) is 0 Å². The largest absolute Gasteiger partial charge is 0.439 e. The van der Waals surface area contributed by atoms with Gasteiger partial charge >= 0.3 is 6.09 Å². The van der Waals surface area contributed by atoms with Gasteiger partial charge < -0.3 is 20.7 Å². The van der Waals surface area contributed by atoms with Crippen LogP contribution in [-0.2, 0) is 4.74 Å². The van der Waals surface area contributed by atoms with E-state index in [0.717, 1.165) is 12.8 Å². The van der Waals surface area contributed by atoms with Gasteiger partial charge in [0, 0.05) is 12.2 Å². The van der Waals surface area contributed by atoms with Crippen molar-refractivity contribution in [2.75, 3.05) is 25.4 Å². The molecule has 2 aliphatic heterocycles. The second kappa shape index (κ2) is 4.87. The topological polar surface area (TPSA) is 110 Å².